The van der Waals surface area contributed by atoms with Gasteiger partial charge in [-0.2, -0.15) is 13.2 Å². The molecule has 6 heteroatoms. The summed E-state index contributed by atoms with van der Waals surface area (Å²) in [5.74, 6) is -1.92. The van der Waals surface area contributed by atoms with Gasteiger partial charge in [-0.05, 0) is 35.9 Å². The van der Waals surface area contributed by atoms with Gasteiger partial charge in [0.1, 0.15) is 5.82 Å². The van der Waals surface area contributed by atoms with E-state index >= 15 is 0 Å². The highest BCUT2D eigenvalue weighted by molar-refractivity contribution is 5.97. The molecular weight excluding hydrogens is 286 g/mol. The van der Waals surface area contributed by atoms with Crippen LogP contribution in [0.25, 0.3) is 0 Å². The lowest BCUT2D eigenvalue weighted by atomic mass is 10.0. The highest BCUT2D eigenvalue weighted by Gasteiger charge is 2.34. The molecule has 0 aromatic heterocycles. The maximum absolute atomic E-state index is 13.2. The molecule has 0 radical (unpaired) electrons. The van der Waals surface area contributed by atoms with Gasteiger partial charge in [-0.1, -0.05) is 12.1 Å². The number of ketones is 1. The van der Waals surface area contributed by atoms with Crippen molar-refractivity contribution in [2.45, 2.75) is 12.6 Å². The molecule has 2 aromatic rings. The molecule has 0 aliphatic heterocycles. The molecular formula is C15H11F4NO. The topological polar surface area (TPSA) is 43.1 Å². The Bertz CT molecular complexity index is 662. The average molecular weight is 297 g/mol. The zero-order valence-electron chi connectivity index (χ0n) is 10.7. The number of benzene rings is 2. The molecule has 0 saturated heterocycles. The van der Waals surface area contributed by atoms with Gasteiger partial charge in [-0.15, -0.1) is 0 Å². The zero-order chi connectivity index (χ0) is 15.6. The number of carbonyl (C=O) groups is 1. The number of hydrogen-bond acceptors (Lipinski definition) is 2. The van der Waals surface area contributed by atoms with E-state index in [4.69, 9.17) is 5.73 Å². The van der Waals surface area contributed by atoms with Crippen molar-refractivity contribution in [1.29, 1.82) is 0 Å². The molecule has 0 amide bonds. The van der Waals surface area contributed by atoms with Crippen molar-refractivity contribution < 1.29 is 22.4 Å². The van der Waals surface area contributed by atoms with E-state index in [1.54, 1.807) is 24.3 Å². The fraction of sp³-hybridized carbons (Fsp3) is 0.133. The fourth-order valence-corrected chi connectivity index (χ4v) is 1.84. The van der Waals surface area contributed by atoms with Gasteiger partial charge in [-0.25, -0.2) is 4.39 Å². The molecule has 0 spiro atoms. The number of nitrogen functional groups attached to an aromatic ring is 1. The maximum Gasteiger partial charge on any atom is 0.419 e. The fourth-order valence-electron chi connectivity index (χ4n) is 1.84. The number of rotatable bonds is 3. The van der Waals surface area contributed by atoms with Gasteiger partial charge < -0.3 is 5.73 Å². The Labute approximate surface area is 118 Å². The van der Waals surface area contributed by atoms with E-state index in [0.717, 1.165) is 6.07 Å². The molecule has 0 bridgehead atoms. The standard InChI is InChI=1S/C15H11F4NO/c16-13-6-3-10(8-12(13)15(17,18)19)14(21)7-9-1-4-11(20)5-2-9/h1-6,8H,7,20H2. The SMILES string of the molecule is Nc1ccc(CC(=O)c2ccc(F)c(C(F)(F)F)c2)cc1. The minimum atomic E-state index is -4.83. The Morgan fingerprint density at radius 1 is 1.05 bits per heavy atom. The first kappa shape index (κ1) is 15.0. The number of hydrogen-bond donors (Lipinski definition) is 1. The second kappa shape index (κ2) is 5.55. The van der Waals surface area contributed by atoms with Crippen LogP contribution in [-0.4, -0.2) is 5.78 Å². The first-order valence-corrected chi connectivity index (χ1v) is 6.02. The first-order chi connectivity index (χ1) is 9.77. The number of anilines is 1. The second-order valence-electron chi connectivity index (χ2n) is 4.53. The summed E-state index contributed by atoms with van der Waals surface area (Å²) in [6, 6.07) is 8.64. The Morgan fingerprint density at radius 2 is 1.67 bits per heavy atom. The van der Waals surface area contributed by atoms with Crippen LogP contribution in [-0.2, 0) is 12.6 Å². The molecule has 2 nitrogen and oxygen atoms in total. The van der Waals surface area contributed by atoms with E-state index < -0.39 is 23.3 Å². The highest BCUT2D eigenvalue weighted by atomic mass is 19.4. The van der Waals surface area contributed by atoms with E-state index in [0.29, 0.717) is 23.4 Å². The second-order valence-corrected chi connectivity index (χ2v) is 4.53. The summed E-state index contributed by atoms with van der Waals surface area (Å²) < 4.78 is 50.9. The minimum Gasteiger partial charge on any atom is -0.399 e. The van der Waals surface area contributed by atoms with Crippen LogP contribution in [0.2, 0.25) is 0 Å². The number of alkyl halides is 3. The van der Waals surface area contributed by atoms with Gasteiger partial charge in [0.05, 0.1) is 5.56 Å². The third-order valence-electron chi connectivity index (χ3n) is 2.94. The van der Waals surface area contributed by atoms with Crippen molar-refractivity contribution >= 4 is 11.5 Å². The van der Waals surface area contributed by atoms with E-state index in [2.05, 4.69) is 0 Å². The summed E-state index contributed by atoms with van der Waals surface area (Å²) in [6.45, 7) is 0. The van der Waals surface area contributed by atoms with Crippen molar-refractivity contribution in [1.82, 2.24) is 0 Å². The van der Waals surface area contributed by atoms with Gasteiger partial charge in [-0.3, -0.25) is 4.79 Å². The normalized spacial score (nSPS) is 11.4. The van der Waals surface area contributed by atoms with Gasteiger partial charge in [0, 0.05) is 17.7 Å². The Morgan fingerprint density at radius 3 is 2.24 bits per heavy atom. The summed E-state index contributed by atoms with van der Waals surface area (Å²) in [6.07, 6.45) is -4.91. The number of halogens is 4. The summed E-state index contributed by atoms with van der Waals surface area (Å²) in [5, 5.41) is 0. The van der Waals surface area contributed by atoms with Crippen LogP contribution in [0.1, 0.15) is 21.5 Å². The minimum absolute atomic E-state index is 0.0801. The molecule has 110 valence electrons. The predicted octanol–water partition coefficient (Wildman–Crippen LogP) is 3.85. The van der Waals surface area contributed by atoms with Crippen LogP contribution >= 0.6 is 0 Å². The molecule has 0 aliphatic rings. The third kappa shape index (κ3) is 3.59. The van der Waals surface area contributed by atoms with Crippen LogP contribution in [0.15, 0.2) is 42.5 Å². The van der Waals surface area contributed by atoms with Crippen molar-refractivity contribution in [2.75, 3.05) is 5.73 Å². The number of nitrogens with two attached hydrogens (primary N) is 1. The molecule has 2 aromatic carbocycles. The highest BCUT2D eigenvalue weighted by Crippen LogP contribution is 2.32. The van der Waals surface area contributed by atoms with Crippen LogP contribution < -0.4 is 5.73 Å². The molecule has 0 saturated carbocycles. The predicted molar refractivity (Wildman–Crippen MR) is 70.3 cm³/mol. The Balaban J connectivity index is 2.25. The average Bonchev–Trinajstić information content (AvgIpc) is 2.40. The largest absolute Gasteiger partial charge is 0.419 e. The lowest BCUT2D eigenvalue weighted by Gasteiger charge is -2.09. The van der Waals surface area contributed by atoms with Crippen LogP contribution in [0.3, 0.4) is 0 Å². The molecule has 21 heavy (non-hydrogen) atoms. The third-order valence-corrected chi connectivity index (χ3v) is 2.94. The smallest absolute Gasteiger partial charge is 0.399 e. The molecule has 0 heterocycles. The molecule has 0 aliphatic carbocycles. The van der Waals surface area contributed by atoms with Crippen molar-refractivity contribution in [3.8, 4) is 0 Å². The molecule has 2 rings (SSSR count). The Kier molecular flexibility index (Phi) is 3.97. The number of Topliss-reactive ketones (excluding diaryl/α,β-unsaturated/α-hetero) is 1. The zero-order valence-corrected chi connectivity index (χ0v) is 10.7. The summed E-state index contributed by atoms with van der Waals surface area (Å²) in [4.78, 5) is 12.0. The molecule has 0 fully saturated rings. The monoisotopic (exact) mass is 297 g/mol. The van der Waals surface area contributed by atoms with Crippen LogP contribution in [0, 0.1) is 5.82 Å². The summed E-state index contributed by atoms with van der Waals surface area (Å²) in [5.41, 5.74) is 5.02. The van der Waals surface area contributed by atoms with Crippen molar-refractivity contribution in [3.63, 3.8) is 0 Å². The Hall–Kier alpha value is -2.37. The summed E-state index contributed by atoms with van der Waals surface area (Å²) in [7, 11) is 0. The maximum atomic E-state index is 13.2. The van der Waals surface area contributed by atoms with Gasteiger partial charge in [0.15, 0.2) is 5.78 Å². The van der Waals surface area contributed by atoms with Crippen LogP contribution in [0.4, 0.5) is 23.2 Å². The van der Waals surface area contributed by atoms with Gasteiger partial charge in [0.2, 0.25) is 0 Å². The molecule has 0 atom stereocenters. The lowest BCUT2D eigenvalue weighted by Crippen LogP contribution is -2.11. The summed E-state index contributed by atoms with van der Waals surface area (Å²) >= 11 is 0. The van der Waals surface area contributed by atoms with Gasteiger partial charge in [0.25, 0.3) is 0 Å². The molecule has 0 unspecified atom stereocenters. The van der Waals surface area contributed by atoms with Crippen LogP contribution in [0.5, 0.6) is 0 Å². The molecule has 2 N–H and O–H groups in total. The lowest BCUT2D eigenvalue weighted by molar-refractivity contribution is -0.140. The van der Waals surface area contributed by atoms with Crippen molar-refractivity contribution in [3.05, 3.63) is 65.0 Å². The quantitative estimate of drug-likeness (QED) is 0.531. The van der Waals surface area contributed by atoms with Gasteiger partial charge >= 0.3 is 6.18 Å². The van der Waals surface area contributed by atoms with E-state index in [1.165, 1.54) is 0 Å². The van der Waals surface area contributed by atoms with E-state index in [1.807, 2.05) is 0 Å². The van der Waals surface area contributed by atoms with E-state index in [9.17, 15) is 22.4 Å². The first-order valence-electron chi connectivity index (χ1n) is 6.02. The number of carbonyl (C=O) groups excluding carboxylic acids is 1. The van der Waals surface area contributed by atoms with Crippen molar-refractivity contribution in [2.24, 2.45) is 0 Å². The van der Waals surface area contributed by atoms with E-state index in [-0.39, 0.29) is 12.0 Å².